The number of aliphatic hydroxyl groups is 1. The average Bonchev–Trinajstić information content (AvgIpc) is 3.38. The molecule has 0 radical (unpaired) electrons. The quantitative estimate of drug-likeness (QED) is 0.0373. The molecule has 1 N–H and O–H groups in total. The highest BCUT2D eigenvalue weighted by molar-refractivity contribution is 5.70. The highest BCUT2D eigenvalue weighted by Gasteiger charge is 2.16. The van der Waals surface area contributed by atoms with Crippen molar-refractivity contribution in [3.8, 4) is 0 Å². The predicted molar refractivity (Wildman–Crippen MR) is 315 cm³/mol. The van der Waals surface area contributed by atoms with E-state index < -0.39 is 6.10 Å². The van der Waals surface area contributed by atoms with Crippen LogP contribution >= 0.6 is 0 Å². The van der Waals surface area contributed by atoms with Gasteiger partial charge in [-0.05, 0) is 128 Å². The molecule has 5 nitrogen and oxygen atoms in total. The summed E-state index contributed by atoms with van der Waals surface area (Å²) in [4.78, 5) is 24.5. The molecule has 0 rings (SSSR count). The van der Waals surface area contributed by atoms with E-state index in [1.165, 1.54) is 83.5 Å². The number of allylic oxidation sites excluding steroid dienone is 26. The van der Waals surface area contributed by atoms with Crippen molar-refractivity contribution >= 4 is 11.9 Å². The van der Waals surface area contributed by atoms with Crippen molar-refractivity contribution in [3.05, 3.63) is 158 Å². The normalized spacial score (nSPS) is 13.4. The van der Waals surface area contributed by atoms with Gasteiger partial charge in [0.25, 0.3) is 0 Å². The van der Waals surface area contributed by atoms with Crippen molar-refractivity contribution < 1.29 is 24.2 Å². The Hall–Kier alpha value is -4.48. The number of carbonyl (C=O) groups is 2. The molecule has 5 heteroatoms. The lowest BCUT2D eigenvalue weighted by molar-refractivity contribution is -0.161. The Morgan fingerprint density at radius 3 is 0.917 bits per heavy atom. The van der Waals surface area contributed by atoms with Crippen LogP contribution in [0.3, 0.4) is 0 Å². The zero-order valence-electron chi connectivity index (χ0n) is 46.1. The SMILES string of the molecule is CC/C=C\C/C=C\C/C=C\C/C=C\C/C=C\C/C=C\C/C=C\C/C=C\C/C=C\C/C=C\C/C=C\CCCCCC(=O)OC(CO)COC(=O)CCCCCCCCCCC/C=C\C/C=C\CCCCCCC. The van der Waals surface area contributed by atoms with Crippen molar-refractivity contribution in [2.24, 2.45) is 0 Å². The summed E-state index contributed by atoms with van der Waals surface area (Å²) in [5, 5.41) is 9.65. The van der Waals surface area contributed by atoms with Gasteiger partial charge in [0.15, 0.2) is 6.10 Å². The monoisotopic (exact) mass is 991 g/mol. The first kappa shape index (κ1) is 67.5. The zero-order chi connectivity index (χ0) is 52.0. The van der Waals surface area contributed by atoms with E-state index in [9.17, 15) is 14.7 Å². The number of aliphatic hydroxyl groups excluding tert-OH is 1. The summed E-state index contributed by atoms with van der Waals surface area (Å²) in [7, 11) is 0. The molecule has 0 saturated heterocycles. The van der Waals surface area contributed by atoms with Crippen molar-refractivity contribution in [1.82, 2.24) is 0 Å². The molecule has 404 valence electrons. The smallest absolute Gasteiger partial charge is 0.306 e. The number of hydrogen-bond acceptors (Lipinski definition) is 5. The third kappa shape index (κ3) is 58.1. The highest BCUT2D eigenvalue weighted by atomic mass is 16.6. The molecule has 0 aromatic heterocycles. The van der Waals surface area contributed by atoms with E-state index in [1.807, 2.05) is 0 Å². The van der Waals surface area contributed by atoms with Gasteiger partial charge >= 0.3 is 11.9 Å². The summed E-state index contributed by atoms with van der Waals surface area (Å²) in [5.41, 5.74) is 0. The summed E-state index contributed by atoms with van der Waals surface area (Å²) in [6.45, 7) is 3.98. The zero-order valence-corrected chi connectivity index (χ0v) is 46.1. The minimum Gasteiger partial charge on any atom is -0.462 e. The maximum absolute atomic E-state index is 12.3. The van der Waals surface area contributed by atoms with Crippen molar-refractivity contribution in [2.75, 3.05) is 13.2 Å². The van der Waals surface area contributed by atoms with E-state index in [0.29, 0.717) is 12.8 Å². The van der Waals surface area contributed by atoms with Crippen molar-refractivity contribution in [2.45, 2.75) is 238 Å². The number of esters is 2. The van der Waals surface area contributed by atoms with E-state index >= 15 is 0 Å². The minimum atomic E-state index is -0.804. The third-order valence-electron chi connectivity index (χ3n) is 11.8. The standard InChI is InChI=1S/C67H106O5/c1-3-5-7-9-11-13-15-17-19-21-23-25-26-27-28-29-30-31-32-33-34-35-36-37-38-39-40-42-44-46-48-50-52-54-56-58-60-62-67(70)72-65(63-68)64-71-66(69)61-59-57-55-53-51-49-47-45-43-41-24-22-20-18-16-14-12-10-8-6-4-2/h5,7,11,13,16-19,22-25,27-28,30-31,33-34,36-37,39-40,44,46,50,52,65,68H,3-4,6,8-10,12,14-15,20-21,26,29,32,35,38,41-43,45,47-49,51,53-64H2,1-2H3/b7-5-,13-11-,18-16-,19-17-,24-22-,25-23-,28-27-,31-30-,34-33-,37-36-,40-39-,46-44-,52-50-. The van der Waals surface area contributed by atoms with Crippen LogP contribution in [0.25, 0.3) is 0 Å². The van der Waals surface area contributed by atoms with Crippen LogP contribution in [-0.4, -0.2) is 36.4 Å². The van der Waals surface area contributed by atoms with Gasteiger partial charge in [-0.15, -0.1) is 0 Å². The Morgan fingerprint density at radius 2 is 0.597 bits per heavy atom. The highest BCUT2D eigenvalue weighted by Crippen LogP contribution is 2.13. The van der Waals surface area contributed by atoms with E-state index in [1.54, 1.807) is 0 Å². The molecule has 0 saturated carbocycles. The van der Waals surface area contributed by atoms with Crippen LogP contribution < -0.4 is 0 Å². The van der Waals surface area contributed by atoms with E-state index in [-0.39, 0.29) is 25.2 Å². The molecule has 72 heavy (non-hydrogen) atoms. The third-order valence-corrected chi connectivity index (χ3v) is 11.8. The molecular weight excluding hydrogens is 885 g/mol. The molecule has 1 unspecified atom stereocenters. The second-order valence-corrected chi connectivity index (χ2v) is 18.6. The summed E-state index contributed by atoms with van der Waals surface area (Å²) in [6, 6.07) is 0. The molecule has 0 aromatic carbocycles. The summed E-state index contributed by atoms with van der Waals surface area (Å²) in [5.74, 6) is -0.643. The molecular formula is C67H106O5. The predicted octanol–water partition coefficient (Wildman–Crippen LogP) is 20.0. The van der Waals surface area contributed by atoms with Crippen LogP contribution in [0.2, 0.25) is 0 Å². The van der Waals surface area contributed by atoms with Gasteiger partial charge in [0, 0.05) is 12.8 Å². The van der Waals surface area contributed by atoms with Crippen LogP contribution in [0.1, 0.15) is 232 Å². The lowest BCUT2D eigenvalue weighted by Crippen LogP contribution is -2.28. The van der Waals surface area contributed by atoms with Gasteiger partial charge in [0.1, 0.15) is 6.61 Å². The summed E-state index contributed by atoms with van der Waals surface area (Å²) in [6.07, 6.45) is 93.5. The molecule has 0 aromatic rings. The van der Waals surface area contributed by atoms with Gasteiger partial charge in [0.2, 0.25) is 0 Å². The topological polar surface area (TPSA) is 72.8 Å². The maximum Gasteiger partial charge on any atom is 0.306 e. The second-order valence-electron chi connectivity index (χ2n) is 18.6. The minimum absolute atomic E-state index is 0.0915. The lowest BCUT2D eigenvalue weighted by atomic mass is 10.1. The van der Waals surface area contributed by atoms with Gasteiger partial charge in [-0.2, -0.15) is 0 Å². The average molecular weight is 992 g/mol. The summed E-state index contributed by atoms with van der Waals surface area (Å²) >= 11 is 0. The van der Waals surface area contributed by atoms with Crippen molar-refractivity contribution in [1.29, 1.82) is 0 Å². The Bertz CT molecular complexity index is 1590. The van der Waals surface area contributed by atoms with E-state index in [0.717, 1.165) is 122 Å². The van der Waals surface area contributed by atoms with E-state index in [4.69, 9.17) is 9.47 Å². The van der Waals surface area contributed by atoms with Crippen LogP contribution in [0.5, 0.6) is 0 Å². The molecule has 0 aliphatic carbocycles. The number of unbranched alkanes of at least 4 members (excludes halogenated alkanes) is 17. The fourth-order valence-corrected chi connectivity index (χ4v) is 7.47. The first-order valence-electron chi connectivity index (χ1n) is 29.0. The van der Waals surface area contributed by atoms with Gasteiger partial charge in [-0.1, -0.05) is 249 Å². The van der Waals surface area contributed by atoms with Crippen LogP contribution in [0, 0.1) is 0 Å². The lowest BCUT2D eigenvalue weighted by Gasteiger charge is -2.15. The van der Waals surface area contributed by atoms with Crippen molar-refractivity contribution in [3.63, 3.8) is 0 Å². The number of hydrogen-bond donors (Lipinski definition) is 1. The Morgan fingerprint density at radius 1 is 0.333 bits per heavy atom. The molecule has 0 amide bonds. The van der Waals surface area contributed by atoms with Gasteiger partial charge in [-0.25, -0.2) is 0 Å². The fourth-order valence-electron chi connectivity index (χ4n) is 7.47. The first-order chi connectivity index (χ1) is 35.6. The Balaban J connectivity index is 3.68. The Kier molecular flexibility index (Phi) is 57.0. The van der Waals surface area contributed by atoms with Crippen LogP contribution in [-0.2, 0) is 19.1 Å². The molecule has 0 bridgehead atoms. The summed E-state index contributed by atoms with van der Waals surface area (Å²) < 4.78 is 10.7. The molecule has 0 fully saturated rings. The second kappa shape index (κ2) is 60.8. The molecule has 0 aliphatic heterocycles. The van der Waals surface area contributed by atoms with Crippen LogP contribution in [0.15, 0.2) is 158 Å². The fraction of sp³-hybridized carbons (Fsp3) is 0.582. The maximum atomic E-state index is 12.3. The number of rotatable bonds is 51. The van der Waals surface area contributed by atoms with Gasteiger partial charge in [-0.3, -0.25) is 9.59 Å². The number of ether oxygens (including phenoxy) is 2. The number of carbonyl (C=O) groups excluding carboxylic acids is 2. The molecule has 0 aliphatic rings. The molecule has 1 atom stereocenters. The molecule has 0 spiro atoms. The molecule has 0 heterocycles. The van der Waals surface area contributed by atoms with Crippen LogP contribution in [0.4, 0.5) is 0 Å². The van der Waals surface area contributed by atoms with Gasteiger partial charge in [0.05, 0.1) is 6.61 Å². The first-order valence-corrected chi connectivity index (χ1v) is 29.0. The largest absolute Gasteiger partial charge is 0.462 e. The Labute approximate surface area is 443 Å². The van der Waals surface area contributed by atoms with Gasteiger partial charge < -0.3 is 14.6 Å². The van der Waals surface area contributed by atoms with E-state index in [2.05, 4.69) is 172 Å².